The maximum atomic E-state index is 12.8. The average Bonchev–Trinajstić information content (AvgIpc) is 2.78. The van der Waals surface area contributed by atoms with Crippen LogP contribution >= 0.6 is 0 Å². The number of carbonyl (C=O) groups is 2. The van der Waals surface area contributed by atoms with Crippen LogP contribution in [0.5, 0.6) is 17.2 Å². The summed E-state index contributed by atoms with van der Waals surface area (Å²) in [7, 11) is 4.52. The smallest absolute Gasteiger partial charge is 0.274 e. The maximum absolute atomic E-state index is 12.8. The molecule has 1 amide bonds. The van der Waals surface area contributed by atoms with Crippen LogP contribution in [0, 0.1) is 0 Å². The first-order valence-electron chi connectivity index (χ1n) is 9.16. The molecule has 2 aromatic carbocycles. The number of amides is 1. The number of hydrogen-bond acceptors (Lipinski definition) is 6. The fourth-order valence-corrected chi connectivity index (χ4v) is 2.97. The summed E-state index contributed by atoms with van der Waals surface area (Å²) in [4.78, 5) is 28.9. The maximum Gasteiger partial charge on any atom is 0.274 e. The molecule has 0 radical (unpaired) electrons. The van der Waals surface area contributed by atoms with Crippen molar-refractivity contribution in [1.29, 1.82) is 0 Å². The highest BCUT2D eigenvalue weighted by Crippen LogP contribution is 2.40. The third kappa shape index (κ3) is 4.41. The molecule has 1 N–H and O–H groups in total. The summed E-state index contributed by atoms with van der Waals surface area (Å²) in [5, 5.41) is 2.80. The van der Waals surface area contributed by atoms with Gasteiger partial charge in [0.1, 0.15) is 5.69 Å². The van der Waals surface area contributed by atoms with E-state index in [1.165, 1.54) is 28.3 Å². The van der Waals surface area contributed by atoms with Crippen LogP contribution in [0.15, 0.2) is 54.6 Å². The molecule has 154 valence electrons. The van der Waals surface area contributed by atoms with Gasteiger partial charge in [-0.1, -0.05) is 24.3 Å². The van der Waals surface area contributed by atoms with E-state index in [1.54, 1.807) is 48.5 Å². The highest BCUT2D eigenvalue weighted by molar-refractivity contribution is 6.03. The van der Waals surface area contributed by atoms with E-state index in [0.29, 0.717) is 34.2 Å². The molecule has 0 bridgehead atoms. The number of nitrogens with zero attached hydrogens (tertiary/aromatic N) is 1. The minimum atomic E-state index is -0.395. The molecule has 1 aromatic heterocycles. The number of carbonyl (C=O) groups excluding carboxylic acids is 2. The molecule has 3 aromatic rings. The zero-order valence-corrected chi connectivity index (χ0v) is 17.2. The minimum absolute atomic E-state index is 0.0341. The second-order valence-corrected chi connectivity index (χ2v) is 6.41. The molecule has 30 heavy (non-hydrogen) atoms. The first-order valence-corrected chi connectivity index (χ1v) is 9.16. The standard InChI is InChI=1S/C23H22N2O5/c1-14(26)15-7-5-8-16(11-15)18-9-6-10-19(25-18)23(27)24-17-12-20(28-2)22(30-4)21(13-17)29-3/h5-13H,1-4H3,(H,24,27). The molecule has 7 nitrogen and oxygen atoms in total. The van der Waals surface area contributed by atoms with Crippen LogP contribution in [-0.4, -0.2) is 38.0 Å². The molecule has 1 heterocycles. The van der Waals surface area contributed by atoms with Crippen molar-refractivity contribution in [1.82, 2.24) is 4.98 Å². The van der Waals surface area contributed by atoms with Crippen LogP contribution in [0.3, 0.4) is 0 Å². The summed E-state index contributed by atoms with van der Waals surface area (Å²) >= 11 is 0. The number of aromatic nitrogens is 1. The van der Waals surface area contributed by atoms with Gasteiger partial charge in [-0.3, -0.25) is 9.59 Å². The second-order valence-electron chi connectivity index (χ2n) is 6.41. The van der Waals surface area contributed by atoms with Gasteiger partial charge in [-0.15, -0.1) is 0 Å². The van der Waals surface area contributed by atoms with Gasteiger partial charge in [0.25, 0.3) is 5.91 Å². The Hall–Kier alpha value is -3.87. The van der Waals surface area contributed by atoms with Crippen LogP contribution < -0.4 is 19.5 Å². The molecular weight excluding hydrogens is 384 g/mol. The first kappa shape index (κ1) is 20.9. The Morgan fingerprint density at radius 3 is 2.13 bits per heavy atom. The highest BCUT2D eigenvalue weighted by Gasteiger charge is 2.16. The van der Waals surface area contributed by atoms with Crippen LogP contribution in [0.1, 0.15) is 27.8 Å². The molecule has 7 heteroatoms. The lowest BCUT2D eigenvalue weighted by atomic mass is 10.1. The lowest BCUT2D eigenvalue weighted by Crippen LogP contribution is -2.14. The van der Waals surface area contributed by atoms with Crippen molar-refractivity contribution in [2.24, 2.45) is 0 Å². The van der Waals surface area contributed by atoms with Gasteiger partial charge >= 0.3 is 0 Å². The predicted octanol–water partition coefficient (Wildman–Crippen LogP) is 4.23. The largest absolute Gasteiger partial charge is 0.493 e. The fraction of sp³-hybridized carbons (Fsp3) is 0.174. The summed E-state index contributed by atoms with van der Waals surface area (Å²) in [5.74, 6) is 0.857. The van der Waals surface area contributed by atoms with Gasteiger partial charge in [0, 0.05) is 28.9 Å². The Bertz CT molecular complexity index is 1070. The van der Waals surface area contributed by atoms with Crippen LogP contribution in [0.2, 0.25) is 0 Å². The van der Waals surface area contributed by atoms with E-state index in [4.69, 9.17) is 14.2 Å². The fourth-order valence-electron chi connectivity index (χ4n) is 2.97. The topological polar surface area (TPSA) is 86.8 Å². The SMILES string of the molecule is COc1cc(NC(=O)c2cccc(-c3cccc(C(C)=O)c3)n2)cc(OC)c1OC. The van der Waals surface area contributed by atoms with Crippen LogP contribution in [0.4, 0.5) is 5.69 Å². The molecular formula is C23H22N2O5. The summed E-state index contributed by atoms with van der Waals surface area (Å²) in [6, 6.07) is 15.6. The molecule has 3 rings (SSSR count). The van der Waals surface area contributed by atoms with Gasteiger partial charge in [-0.2, -0.15) is 0 Å². The molecule has 0 aliphatic carbocycles. The number of hydrogen-bond donors (Lipinski definition) is 1. The molecule has 0 saturated heterocycles. The van der Waals surface area contributed by atoms with Crippen LogP contribution in [-0.2, 0) is 0 Å². The van der Waals surface area contributed by atoms with E-state index >= 15 is 0 Å². The number of ether oxygens (including phenoxy) is 3. The number of nitrogens with one attached hydrogen (secondary N) is 1. The highest BCUT2D eigenvalue weighted by atomic mass is 16.5. The van der Waals surface area contributed by atoms with E-state index in [-0.39, 0.29) is 11.5 Å². The summed E-state index contributed by atoms with van der Waals surface area (Å²) in [6.45, 7) is 1.51. The Morgan fingerprint density at radius 1 is 0.867 bits per heavy atom. The molecule has 0 fully saturated rings. The number of benzene rings is 2. The van der Waals surface area contributed by atoms with Crippen LogP contribution in [0.25, 0.3) is 11.3 Å². The first-order chi connectivity index (χ1) is 14.5. The zero-order chi connectivity index (χ0) is 21.7. The molecule has 0 saturated carbocycles. The quantitative estimate of drug-likeness (QED) is 0.591. The number of Topliss-reactive ketones (excluding diaryl/α,β-unsaturated/α-hetero) is 1. The van der Waals surface area contributed by atoms with Crippen molar-refractivity contribution < 1.29 is 23.8 Å². The Balaban J connectivity index is 1.89. The van der Waals surface area contributed by atoms with Gasteiger partial charge in [0.05, 0.1) is 27.0 Å². The lowest BCUT2D eigenvalue weighted by molar-refractivity contribution is 0.101. The Kier molecular flexibility index (Phi) is 6.32. The normalized spacial score (nSPS) is 10.3. The lowest BCUT2D eigenvalue weighted by Gasteiger charge is -2.14. The number of methoxy groups -OCH3 is 3. The number of anilines is 1. The molecule has 0 spiro atoms. The third-order valence-electron chi connectivity index (χ3n) is 4.47. The monoisotopic (exact) mass is 406 g/mol. The third-order valence-corrected chi connectivity index (χ3v) is 4.47. The van der Waals surface area contributed by atoms with E-state index in [0.717, 1.165) is 5.56 Å². The van der Waals surface area contributed by atoms with Crippen molar-refractivity contribution >= 4 is 17.4 Å². The summed E-state index contributed by atoms with van der Waals surface area (Å²) < 4.78 is 15.9. The van der Waals surface area contributed by atoms with Gasteiger partial charge < -0.3 is 19.5 Å². The molecule has 0 aliphatic heterocycles. The zero-order valence-electron chi connectivity index (χ0n) is 17.2. The predicted molar refractivity (Wildman–Crippen MR) is 114 cm³/mol. The van der Waals surface area contributed by atoms with E-state index in [2.05, 4.69) is 10.3 Å². The summed E-state index contributed by atoms with van der Waals surface area (Å²) in [5.41, 5.74) is 2.64. The van der Waals surface area contributed by atoms with Gasteiger partial charge in [0.2, 0.25) is 5.75 Å². The number of rotatable bonds is 7. The molecule has 0 aliphatic rings. The van der Waals surface area contributed by atoms with Gasteiger partial charge in [-0.05, 0) is 25.1 Å². The van der Waals surface area contributed by atoms with E-state index < -0.39 is 5.91 Å². The van der Waals surface area contributed by atoms with E-state index in [9.17, 15) is 9.59 Å². The Morgan fingerprint density at radius 2 is 1.53 bits per heavy atom. The van der Waals surface area contributed by atoms with Crippen molar-refractivity contribution in [3.63, 3.8) is 0 Å². The molecule has 0 unspecified atom stereocenters. The van der Waals surface area contributed by atoms with Crippen molar-refractivity contribution in [2.75, 3.05) is 26.6 Å². The average molecular weight is 406 g/mol. The number of ketones is 1. The van der Waals surface area contributed by atoms with Gasteiger partial charge in [-0.25, -0.2) is 4.98 Å². The van der Waals surface area contributed by atoms with Crippen molar-refractivity contribution in [2.45, 2.75) is 6.92 Å². The minimum Gasteiger partial charge on any atom is -0.493 e. The Labute approximate surface area is 174 Å². The van der Waals surface area contributed by atoms with Crippen molar-refractivity contribution in [3.8, 4) is 28.5 Å². The van der Waals surface area contributed by atoms with Crippen molar-refractivity contribution in [3.05, 3.63) is 65.9 Å². The van der Waals surface area contributed by atoms with E-state index in [1.807, 2.05) is 6.07 Å². The second kappa shape index (κ2) is 9.09. The number of pyridine rings is 1. The molecule has 0 atom stereocenters. The summed E-state index contributed by atoms with van der Waals surface area (Å²) in [6.07, 6.45) is 0. The van der Waals surface area contributed by atoms with Gasteiger partial charge in [0.15, 0.2) is 17.3 Å².